The number of amides is 1. The molecule has 12 heteroatoms. The summed E-state index contributed by atoms with van der Waals surface area (Å²) in [6.07, 6.45) is 5.53. The fraction of sp³-hybridized carbons (Fsp3) is 0.846. The molecule has 212 valence electrons. The summed E-state index contributed by atoms with van der Waals surface area (Å²) in [4.78, 5) is 12.7. The molecule has 5 fully saturated rings. The van der Waals surface area contributed by atoms with E-state index in [1.807, 2.05) is 0 Å². The van der Waals surface area contributed by atoms with Crippen molar-refractivity contribution in [3.63, 3.8) is 0 Å². The van der Waals surface area contributed by atoms with Crippen molar-refractivity contribution >= 4 is 15.9 Å². The van der Waals surface area contributed by atoms with E-state index in [9.17, 15) is 26.4 Å². The number of sulfonamides is 1. The lowest BCUT2D eigenvalue weighted by Gasteiger charge is -2.39. The molecule has 1 aromatic heterocycles. The van der Waals surface area contributed by atoms with Crippen molar-refractivity contribution < 1.29 is 30.9 Å². The number of rotatable bonds is 9. The Morgan fingerprint density at radius 1 is 1.03 bits per heavy atom. The Bertz CT molecular complexity index is 1120. The summed E-state index contributed by atoms with van der Waals surface area (Å²) in [5.41, 5.74) is 0.136. The highest BCUT2D eigenvalue weighted by atomic mass is 32.2. The molecule has 1 aromatic rings. The average Bonchev–Trinajstić information content (AvgIpc) is 3.24. The van der Waals surface area contributed by atoms with Gasteiger partial charge >= 0.3 is 0 Å². The van der Waals surface area contributed by atoms with Gasteiger partial charge in [-0.2, -0.15) is 4.31 Å². The maximum absolute atomic E-state index is 13.5. The number of carbonyl (C=O) groups excluding carboxylic acids is 1. The molecule has 0 spiro atoms. The monoisotopic (exact) mass is 558 g/mol. The van der Waals surface area contributed by atoms with Crippen LogP contribution >= 0.6 is 0 Å². The second kappa shape index (κ2) is 10.1. The number of halogens is 3. The molecule has 4 atom stereocenters. The van der Waals surface area contributed by atoms with Crippen LogP contribution in [-0.2, 0) is 10.0 Å². The fourth-order valence-electron chi connectivity index (χ4n) is 7.17. The number of nitrogens with zero attached hydrogens (tertiary/aromatic N) is 2. The number of piperidine rings is 1. The standard InChI is InChI=1S/C26H37F3N4O4S/c27-22-9-21(22)24-10-23(32-37-24)25(34)31-18-7-19-5-6-20(8-18)33(19)38(35,36)14-15-1-3-17(4-2-15)30-13-16-11-26(28,29)12-16/h10,15-22,30H,1-9,11-14H2,(H,31,34)/t15?,17?,18?,19?,20?,21-,22-/m0/s1. The number of nitrogens with one attached hydrogen (secondary N) is 2. The SMILES string of the molecule is O=C(NC1CC2CCC(C1)N2S(=O)(=O)CC1CCC(NCC2CC(F)(F)C2)CC1)c1cc([C@H]2C[C@@H]2F)on1. The van der Waals surface area contributed by atoms with E-state index in [0.29, 0.717) is 31.6 Å². The van der Waals surface area contributed by atoms with Gasteiger partial charge in [-0.25, -0.2) is 21.6 Å². The Kier molecular flexibility index (Phi) is 7.04. The first-order valence-electron chi connectivity index (χ1n) is 14.1. The highest BCUT2D eigenvalue weighted by Crippen LogP contribution is 2.44. The Labute approximate surface area is 221 Å². The number of alkyl halides is 3. The van der Waals surface area contributed by atoms with E-state index in [1.165, 1.54) is 6.07 Å². The third kappa shape index (κ3) is 5.63. The first kappa shape index (κ1) is 26.6. The van der Waals surface area contributed by atoms with E-state index in [2.05, 4.69) is 15.8 Å². The summed E-state index contributed by atoms with van der Waals surface area (Å²) in [6.45, 7) is 0.620. The van der Waals surface area contributed by atoms with Crippen LogP contribution in [0.25, 0.3) is 0 Å². The van der Waals surface area contributed by atoms with Crippen LogP contribution in [-0.4, -0.2) is 72.3 Å². The van der Waals surface area contributed by atoms with Crippen LogP contribution < -0.4 is 10.6 Å². The van der Waals surface area contributed by atoms with Crippen molar-refractivity contribution in [2.75, 3.05) is 12.3 Å². The predicted molar refractivity (Wildman–Crippen MR) is 133 cm³/mol. The van der Waals surface area contributed by atoms with E-state index in [1.54, 1.807) is 4.31 Å². The predicted octanol–water partition coefficient (Wildman–Crippen LogP) is 3.75. The molecule has 3 heterocycles. The number of hydrogen-bond donors (Lipinski definition) is 2. The van der Waals surface area contributed by atoms with Gasteiger partial charge in [0, 0.05) is 43.1 Å². The number of carbonyl (C=O) groups is 1. The van der Waals surface area contributed by atoms with Crippen LogP contribution in [0.1, 0.15) is 92.8 Å². The minimum Gasteiger partial charge on any atom is -0.360 e. The zero-order valence-electron chi connectivity index (χ0n) is 21.5. The molecule has 0 aromatic carbocycles. The molecule has 2 aliphatic heterocycles. The molecular formula is C26H37F3N4O4S. The minimum atomic E-state index is -3.42. The third-order valence-electron chi connectivity index (χ3n) is 9.32. The van der Waals surface area contributed by atoms with Gasteiger partial charge in [0.2, 0.25) is 15.9 Å². The molecule has 38 heavy (non-hydrogen) atoms. The summed E-state index contributed by atoms with van der Waals surface area (Å²) >= 11 is 0. The van der Waals surface area contributed by atoms with E-state index < -0.39 is 22.1 Å². The van der Waals surface area contributed by atoms with Crippen LogP contribution in [0.5, 0.6) is 0 Å². The molecule has 0 radical (unpaired) electrons. The van der Waals surface area contributed by atoms with Gasteiger partial charge in [-0.05, 0) is 76.2 Å². The van der Waals surface area contributed by atoms with E-state index in [-0.39, 0.29) is 72.1 Å². The Morgan fingerprint density at radius 3 is 2.29 bits per heavy atom. The first-order chi connectivity index (χ1) is 18.1. The van der Waals surface area contributed by atoms with Crippen LogP contribution in [0.3, 0.4) is 0 Å². The minimum absolute atomic E-state index is 0.0291. The highest BCUT2D eigenvalue weighted by molar-refractivity contribution is 7.89. The van der Waals surface area contributed by atoms with Gasteiger partial charge in [-0.15, -0.1) is 0 Å². The second-order valence-corrected chi connectivity index (χ2v) is 14.3. The van der Waals surface area contributed by atoms with Crippen molar-refractivity contribution in [1.29, 1.82) is 0 Å². The quantitative estimate of drug-likeness (QED) is 0.479. The summed E-state index contributed by atoms with van der Waals surface area (Å²) in [5, 5.41) is 10.2. The summed E-state index contributed by atoms with van der Waals surface area (Å²) in [5.74, 6) is -2.45. The van der Waals surface area contributed by atoms with Crippen molar-refractivity contribution in [3.8, 4) is 0 Å². The van der Waals surface area contributed by atoms with Crippen LogP contribution in [0.2, 0.25) is 0 Å². The lowest BCUT2D eigenvalue weighted by atomic mass is 9.80. The molecule has 3 aliphatic carbocycles. The molecule has 6 rings (SSSR count). The molecule has 2 bridgehead atoms. The molecule has 5 aliphatic rings. The van der Waals surface area contributed by atoms with Gasteiger partial charge in [-0.3, -0.25) is 4.79 Å². The summed E-state index contributed by atoms with van der Waals surface area (Å²) < 4.78 is 73.1. The average molecular weight is 559 g/mol. The first-order valence-corrected chi connectivity index (χ1v) is 15.7. The van der Waals surface area contributed by atoms with E-state index in [0.717, 1.165) is 38.5 Å². The van der Waals surface area contributed by atoms with Crippen LogP contribution in [0.4, 0.5) is 13.2 Å². The van der Waals surface area contributed by atoms with Gasteiger partial charge < -0.3 is 15.2 Å². The van der Waals surface area contributed by atoms with Crippen molar-refractivity contribution in [3.05, 3.63) is 17.5 Å². The van der Waals surface area contributed by atoms with Gasteiger partial charge in [0.25, 0.3) is 5.91 Å². The van der Waals surface area contributed by atoms with Crippen molar-refractivity contribution in [1.82, 2.24) is 20.1 Å². The molecule has 2 N–H and O–H groups in total. The maximum atomic E-state index is 13.5. The number of hydrogen-bond acceptors (Lipinski definition) is 6. The zero-order valence-corrected chi connectivity index (χ0v) is 22.3. The lowest BCUT2D eigenvalue weighted by Crippen LogP contribution is -2.53. The van der Waals surface area contributed by atoms with Gasteiger partial charge in [0.1, 0.15) is 11.9 Å². The molecular weight excluding hydrogens is 521 g/mol. The van der Waals surface area contributed by atoms with E-state index >= 15 is 0 Å². The molecule has 2 unspecified atom stereocenters. The second-order valence-electron chi connectivity index (χ2n) is 12.4. The van der Waals surface area contributed by atoms with Crippen LogP contribution in [0, 0.1) is 11.8 Å². The fourth-order valence-corrected chi connectivity index (χ4v) is 9.57. The lowest BCUT2D eigenvalue weighted by molar-refractivity contribution is -0.109. The highest BCUT2D eigenvalue weighted by Gasteiger charge is 2.48. The third-order valence-corrected chi connectivity index (χ3v) is 11.5. The van der Waals surface area contributed by atoms with Gasteiger partial charge in [-0.1, -0.05) is 5.16 Å². The smallest absolute Gasteiger partial charge is 0.273 e. The topological polar surface area (TPSA) is 105 Å². The van der Waals surface area contributed by atoms with E-state index in [4.69, 9.17) is 4.52 Å². The van der Waals surface area contributed by atoms with Gasteiger partial charge in [0.15, 0.2) is 5.69 Å². The largest absolute Gasteiger partial charge is 0.360 e. The molecule has 3 saturated carbocycles. The number of aromatic nitrogens is 1. The zero-order chi connectivity index (χ0) is 26.7. The maximum Gasteiger partial charge on any atom is 0.273 e. The Morgan fingerprint density at radius 2 is 1.68 bits per heavy atom. The molecule has 8 nitrogen and oxygen atoms in total. The van der Waals surface area contributed by atoms with Crippen molar-refractivity contribution in [2.24, 2.45) is 11.8 Å². The van der Waals surface area contributed by atoms with Crippen LogP contribution in [0.15, 0.2) is 10.6 Å². The number of fused-ring (bicyclic) bond motifs is 2. The normalized spacial score (nSPS) is 37.1. The van der Waals surface area contributed by atoms with Crippen molar-refractivity contribution in [2.45, 2.75) is 113 Å². The summed E-state index contributed by atoms with van der Waals surface area (Å²) in [6, 6.07) is 1.41. The van der Waals surface area contributed by atoms with Gasteiger partial charge in [0.05, 0.1) is 11.7 Å². The molecule has 1 amide bonds. The Balaban J connectivity index is 0.965. The summed E-state index contributed by atoms with van der Waals surface area (Å²) in [7, 11) is -3.42. The Hall–Kier alpha value is -1.66. The molecule has 2 saturated heterocycles.